The van der Waals surface area contributed by atoms with Gasteiger partial charge in [0.1, 0.15) is 0 Å². The van der Waals surface area contributed by atoms with Crippen LogP contribution in [0.5, 0.6) is 0 Å². The average molecular weight is 286 g/mol. The molecule has 0 saturated carbocycles. The number of aliphatic imine (C=N–C) groups is 1. The minimum absolute atomic E-state index is 0.929. The third-order valence-electron chi connectivity index (χ3n) is 3.57. The molecule has 4 rings (SSSR count). The summed E-state index contributed by atoms with van der Waals surface area (Å²) in [5, 5.41) is 2.53. The predicted molar refractivity (Wildman–Crippen MR) is 85.8 cm³/mol. The summed E-state index contributed by atoms with van der Waals surface area (Å²) in [7, 11) is 0. The highest BCUT2D eigenvalue weighted by atomic mass is 32.2. The summed E-state index contributed by atoms with van der Waals surface area (Å²) in [6, 6.07) is 8.90. The number of nitrogens with zero attached hydrogens (tertiary/aromatic N) is 2. The fourth-order valence-electron chi connectivity index (χ4n) is 2.81. The summed E-state index contributed by atoms with van der Waals surface area (Å²) in [5.41, 5.74) is 2.74. The van der Waals surface area contributed by atoms with Crippen LogP contribution in [0.1, 0.15) is 17.4 Å². The Balaban J connectivity index is 1.95. The van der Waals surface area contributed by atoms with Crippen molar-refractivity contribution < 1.29 is 0 Å². The summed E-state index contributed by atoms with van der Waals surface area (Å²) >= 11 is 3.71. The number of thioether (sulfide) groups is 1. The number of aryl methyl sites for hydroxylation is 1. The number of benzene rings is 1. The molecule has 0 fully saturated rings. The number of allylic oxidation sites excluding steroid dienone is 1. The fourth-order valence-corrected chi connectivity index (χ4v) is 4.88. The van der Waals surface area contributed by atoms with Gasteiger partial charge in [0.15, 0.2) is 5.17 Å². The lowest BCUT2D eigenvalue weighted by Gasteiger charge is -2.17. The Labute approximate surface area is 120 Å². The molecule has 0 aliphatic carbocycles. The van der Waals surface area contributed by atoms with Crippen molar-refractivity contribution in [3.8, 4) is 0 Å². The molecule has 2 aliphatic heterocycles. The molecule has 0 atom stereocenters. The maximum atomic E-state index is 4.58. The highest BCUT2D eigenvalue weighted by Gasteiger charge is 2.31. The number of amidine groups is 1. The maximum absolute atomic E-state index is 4.58. The van der Waals surface area contributed by atoms with E-state index in [9.17, 15) is 0 Å². The standard InChI is InChI=1S/C15H14N2S2/c1-9-8-11-4-3-5-12(14(11)18-9)13-10(2)19-15-16-6-7-17(13)15/h3-5,8H,6-7H2,1-2H3. The van der Waals surface area contributed by atoms with Crippen molar-refractivity contribution in [3.63, 3.8) is 0 Å². The fraction of sp³-hybridized carbons (Fsp3) is 0.267. The van der Waals surface area contributed by atoms with E-state index in [-0.39, 0.29) is 0 Å². The van der Waals surface area contributed by atoms with Crippen molar-refractivity contribution in [2.75, 3.05) is 13.1 Å². The van der Waals surface area contributed by atoms with Gasteiger partial charge in [0, 0.05) is 26.6 Å². The van der Waals surface area contributed by atoms with Gasteiger partial charge in [-0.15, -0.1) is 11.3 Å². The normalized spacial score (nSPS) is 18.4. The van der Waals surface area contributed by atoms with Crippen LogP contribution in [-0.2, 0) is 0 Å². The molecule has 96 valence electrons. The zero-order valence-corrected chi connectivity index (χ0v) is 12.6. The van der Waals surface area contributed by atoms with Gasteiger partial charge >= 0.3 is 0 Å². The van der Waals surface area contributed by atoms with Crippen LogP contribution in [0.15, 0.2) is 34.2 Å². The van der Waals surface area contributed by atoms with Crippen molar-refractivity contribution in [3.05, 3.63) is 39.6 Å². The Morgan fingerprint density at radius 2 is 2.16 bits per heavy atom. The topological polar surface area (TPSA) is 15.6 Å². The van der Waals surface area contributed by atoms with E-state index >= 15 is 0 Å². The van der Waals surface area contributed by atoms with Crippen molar-refractivity contribution in [1.29, 1.82) is 0 Å². The third kappa shape index (κ3) is 1.66. The van der Waals surface area contributed by atoms with E-state index in [0.29, 0.717) is 0 Å². The van der Waals surface area contributed by atoms with Crippen LogP contribution in [-0.4, -0.2) is 23.2 Å². The number of thiophene rings is 1. The summed E-state index contributed by atoms with van der Waals surface area (Å²) in [6.45, 7) is 6.34. The van der Waals surface area contributed by atoms with Crippen LogP contribution in [0, 0.1) is 6.92 Å². The second kappa shape index (κ2) is 4.12. The molecule has 2 nitrogen and oxygen atoms in total. The average Bonchev–Trinajstić information content (AvgIpc) is 3.01. The molecule has 0 bridgehead atoms. The lowest BCUT2D eigenvalue weighted by atomic mass is 10.1. The molecule has 0 spiro atoms. The van der Waals surface area contributed by atoms with Gasteiger partial charge < -0.3 is 4.90 Å². The lowest BCUT2D eigenvalue weighted by molar-refractivity contribution is 0.648. The molecule has 0 radical (unpaired) electrons. The quantitative estimate of drug-likeness (QED) is 0.776. The van der Waals surface area contributed by atoms with E-state index in [1.54, 1.807) is 0 Å². The lowest BCUT2D eigenvalue weighted by Crippen LogP contribution is -2.19. The predicted octanol–water partition coefficient (Wildman–Crippen LogP) is 4.32. The van der Waals surface area contributed by atoms with E-state index in [0.717, 1.165) is 13.1 Å². The highest BCUT2D eigenvalue weighted by molar-refractivity contribution is 8.17. The molecule has 0 unspecified atom stereocenters. The number of hydrogen-bond acceptors (Lipinski definition) is 4. The van der Waals surface area contributed by atoms with Crippen molar-refractivity contribution in [2.24, 2.45) is 4.99 Å². The zero-order valence-electron chi connectivity index (χ0n) is 10.9. The molecule has 2 aliphatic rings. The molecule has 2 aromatic rings. The second-order valence-corrected chi connectivity index (χ2v) is 7.34. The van der Waals surface area contributed by atoms with Gasteiger partial charge in [0.05, 0.1) is 12.2 Å². The molecule has 0 saturated heterocycles. The van der Waals surface area contributed by atoms with E-state index in [1.165, 1.54) is 36.3 Å². The van der Waals surface area contributed by atoms with E-state index in [2.05, 4.69) is 48.0 Å². The first kappa shape index (κ1) is 11.6. The molecule has 3 heterocycles. The van der Waals surface area contributed by atoms with Crippen LogP contribution in [0.4, 0.5) is 0 Å². The molecule has 0 amide bonds. The Kier molecular flexibility index (Phi) is 2.50. The van der Waals surface area contributed by atoms with Gasteiger partial charge in [-0.2, -0.15) is 0 Å². The molecular formula is C15H14N2S2. The number of hydrogen-bond donors (Lipinski definition) is 0. The van der Waals surface area contributed by atoms with Crippen LogP contribution >= 0.6 is 23.1 Å². The summed E-state index contributed by atoms with van der Waals surface area (Å²) in [6.07, 6.45) is 0. The molecular weight excluding hydrogens is 272 g/mol. The second-order valence-electron chi connectivity index (χ2n) is 4.90. The third-order valence-corrected chi connectivity index (χ3v) is 5.70. The minimum atomic E-state index is 0.929. The SMILES string of the molecule is CC1=C(c2cccc3cc(C)sc23)N2CCN=C2S1. The largest absolute Gasteiger partial charge is 0.318 e. The van der Waals surface area contributed by atoms with Crippen molar-refractivity contribution >= 4 is 44.0 Å². The van der Waals surface area contributed by atoms with Gasteiger partial charge in [0.2, 0.25) is 0 Å². The van der Waals surface area contributed by atoms with Gasteiger partial charge in [-0.25, -0.2) is 0 Å². The van der Waals surface area contributed by atoms with E-state index < -0.39 is 0 Å². The first-order valence-electron chi connectivity index (χ1n) is 6.44. The first-order chi connectivity index (χ1) is 9.24. The summed E-state index contributed by atoms with van der Waals surface area (Å²) < 4.78 is 1.41. The first-order valence-corrected chi connectivity index (χ1v) is 8.07. The maximum Gasteiger partial charge on any atom is 0.168 e. The Bertz CT molecular complexity index is 740. The molecule has 1 aromatic carbocycles. The van der Waals surface area contributed by atoms with Gasteiger partial charge in [-0.1, -0.05) is 30.0 Å². The zero-order chi connectivity index (χ0) is 13.0. The highest BCUT2D eigenvalue weighted by Crippen LogP contribution is 2.44. The molecule has 0 N–H and O–H groups in total. The van der Waals surface area contributed by atoms with Crippen LogP contribution in [0.25, 0.3) is 15.8 Å². The molecule has 4 heteroatoms. The Morgan fingerprint density at radius 3 is 3.05 bits per heavy atom. The van der Waals surface area contributed by atoms with Crippen LogP contribution in [0.3, 0.4) is 0 Å². The summed E-state index contributed by atoms with van der Waals surface area (Å²) in [4.78, 5) is 9.70. The molecule has 1 aromatic heterocycles. The Morgan fingerprint density at radius 1 is 1.26 bits per heavy atom. The van der Waals surface area contributed by atoms with Crippen molar-refractivity contribution in [1.82, 2.24) is 4.90 Å². The van der Waals surface area contributed by atoms with Crippen molar-refractivity contribution in [2.45, 2.75) is 13.8 Å². The number of rotatable bonds is 1. The monoisotopic (exact) mass is 286 g/mol. The van der Waals surface area contributed by atoms with Crippen LogP contribution in [0.2, 0.25) is 0 Å². The van der Waals surface area contributed by atoms with E-state index in [1.807, 2.05) is 23.1 Å². The smallest absolute Gasteiger partial charge is 0.168 e. The number of fused-ring (bicyclic) bond motifs is 2. The molecule has 19 heavy (non-hydrogen) atoms. The van der Waals surface area contributed by atoms with Crippen LogP contribution < -0.4 is 0 Å². The Hall–Kier alpha value is -1.26. The van der Waals surface area contributed by atoms with Gasteiger partial charge in [-0.05, 0) is 25.3 Å². The minimum Gasteiger partial charge on any atom is -0.318 e. The van der Waals surface area contributed by atoms with Gasteiger partial charge in [-0.3, -0.25) is 4.99 Å². The van der Waals surface area contributed by atoms with Gasteiger partial charge in [0.25, 0.3) is 0 Å². The van der Waals surface area contributed by atoms with E-state index in [4.69, 9.17) is 0 Å². The summed E-state index contributed by atoms with van der Waals surface area (Å²) in [5.74, 6) is 0.